The van der Waals surface area contributed by atoms with Gasteiger partial charge in [0.25, 0.3) is 0 Å². The number of aryl methyl sites for hydroxylation is 1. The van der Waals surface area contributed by atoms with E-state index in [0.717, 1.165) is 6.54 Å². The van der Waals surface area contributed by atoms with E-state index in [1.807, 2.05) is 6.21 Å². The molecule has 0 saturated carbocycles. The van der Waals surface area contributed by atoms with E-state index in [1.54, 1.807) is 0 Å². The summed E-state index contributed by atoms with van der Waals surface area (Å²) < 4.78 is 0. The molecule has 0 N–H and O–H groups in total. The van der Waals surface area contributed by atoms with E-state index >= 15 is 0 Å². The molecule has 1 nitrogen and oxygen atoms in total. The Labute approximate surface area is 155 Å². The molecule has 0 unspecified atom stereocenters. The Bertz CT molecular complexity index is 652. The van der Waals surface area contributed by atoms with Crippen molar-refractivity contribution in [3.05, 3.63) is 64.3 Å². The zero-order valence-electron chi connectivity index (χ0n) is 17.0. The van der Waals surface area contributed by atoms with Crippen molar-refractivity contribution in [1.29, 1.82) is 0 Å². The topological polar surface area (TPSA) is 12.4 Å². The van der Waals surface area contributed by atoms with Crippen molar-refractivity contribution >= 4 is 11.8 Å². The van der Waals surface area contributed by atoms with Gasteiger partial charge in [0.05, 0.1) is 6.54 Å². The van der Waals surface area contributed by atoms with Crippen LogP contribution in [0.5, 0.6) is 0 Å². The Balaban J connectivity index is 0.000000450. The Morgan fingerprint density at radius 1 is 0.840 bits per heavy atom. The van der Waals surface area contributed by atoms with Crippen LogP contribution >= 0.6 is 0 Å². The van der Waals surface area contributed by atoms with E-state index in [1.165, 1.54) is 59.1 Å². The number of nitrogens with zero attached hydrogens (tertiary/aromatic N) is 1. The van der Waals surface area contributed by atoms with Gasteiger partial charge in [-0.1, -0.05) is 81.5 Å². The largest absolute Gasteiger partial charge is 0.288 e. The molecule has 1 heterocycles. The monoisotopic (exact) mass is 337 g/mol. The number of hydrogen-bond acceptors (Lipinski definition) is 1. The van der Waals surface area contributed by atoms with Crippen molar-refractivity contribution in [2.45, 2.75) is 67.2 Å². The molecular formula is C24H35N. The molecule has 1 aliphatic rings. The predicted octanol–water partition coefficient (Wildman–Crippen LogP) is 7.33. The molecule has 1 aromatic carbocycles. The van der Waals surface area contributed by atoms with Crippen molar-refractivity contribution in [1.82, 2.24) is 0 Å². The van der Waals surface area contributed by atoms with Crippen LogP contribution < -0.4 is 0 Å². The van der Waals surface area contributed by atoms with E-state index in [2.05, 4.69) is 83.0 Å². The van der Waals surface area contributed by atoms with Crippen LogP contribution in [-0.4, -0.2) is 12.8 Å². The lowest BCUT2D eigenvalue weighted by atomic mass is 9.96. The lowest BCUT2D eigenvalue weighted by molar-refractivity contribution is 0.702. The summed E-state index contributed by atoms with van der Waals surface area (Å²) in [6.07, 6.45) is 12.0. The number of aliphatic imine (C=N–C) groups is 1. The van der Waals surface area contributed by atoms with Gasteiger partial charge in [0, 0.05) is 6.21 Å². The second-order valence-corrected chi connectivity index (χ2v) is 6.95. The maximum absolute atomic E-state index is 4.47. The summed E-state index contributed by atoms with van der Waals surface area (Å²) in [6.45, 7) is 13.8. The summed E-state index contributed by atoms with van der Waals surface area (Å²) in [5, 5.41) is 0. The molecule has 1 heteroatoms. The number of unbranched alkanes of at least 4 members (excludes halogenated alkanes) is 3. The quantitative estimate of drug-likeness (QED) is 0.510. The molecule has 1 aliphatic heterocycles. The SMILES string of the molecule is C/C1=C/C(c2ccccc2C)=C\C(C)=C(/C)C=NC1.CCCCCC. The first-order chi connectivity index (χ1) is 12.0. The van der Waals surface area contributed by atoms with Crippen LogP contribution in [-0.2, 0) is 0 Å². The molecule has 0 aliphatic carbocycles. The van der Waals surface area contributed by atoms with E-state index in [9.17, 15) is 0 Å². The second-order valence-electron chi connectivity index (χ2n) is 6.95. The van der Waals surface area contributed by atoms with Gasteiger partial charge in [0.1, 0.15) is 0 Å². The maximum Gasteiger partial charge on any atom is 0.0600 e. The number of hydrogen-bond donors (Lipinski definition) is 0. The Morgan fingerprint density at radius 2 is 1.48 bits per heavy atom. The van der Waals surface area contributed by atoms with Crippen LogP contribution in [0.1, 0.15) is 71.4 Å². The van der Waals surface area contributed by atoms with E-state index in [4.69, 9.17) is 0 Å². The molecule has 0 aromatic heterocycles. The fourth-order valence-electron chi connectivity index (χ4n) is 2.68. The third kappa shape index (κ3) is 7.69. The normalized spacial score (nSPS) is 21.7. The minimum absolute atomic E-state index is 0.772. The Kier molecular flexibility index (Phi) is 9.84. The molecule has 2 rings (SSSR count). The lowest BCUT2D eigenvalue weighted by Crippen LogP contribution is -1.89. The predicted molar refractivity (Wildman–Crippen MR) is 114 cm³/mol. The lowest BCUT2D eigenvalue weighted by Gasteiger charge is -2.09. The fraction of sp³-hybridized carbons (Fsp3) is 0.458. The molecule has 136 valence electrons. The van der Waals surface area contributed by atoms with Gasteiger partial charge in [-0.25, -0.2) is 0 Å². The molecule has 0 atom stereocenters. The number of benzene rings is 1. The van der Waals surface area contributed by atoms with E-state index in [-0.39, 0.29) is 0 Å². The number of rotatable bonds is 4. The molecular weight excluding hydrogens is 302 g/mol. The minimum atomic E-state index is 0.772. The van der Waals surface area contributed by atoms with Gasteiger partial charge in [0.2, 0.25) is 0 Å². The van der Waals surface area contributed by atoms with Gasteiger partial charge < -0.3 is 0 Å². The summed E-state index contributed by atoms with van der Waals surface area (Å²) in [5.74, 6) is 0. The van der Waals surface area contributed by atoms with Crippen LogP contribution in [0.3, 0.4) is 0 Å². The summed E-state index contributed by atoms with van der Waals surface area (Å²) >= 11 is 0. The van der Waals surface area contributed by atoms with Gasteiger partial charge in [0.15, 0.2) is 0 Å². The first-order valence-corrected chi connectivity index (χ1v) is 9.61. The van der Waals surface area contributed by atoms with Crippen LogP contribution in [0.4, 0.5) is 0 Å². The fourth-order valence-corrected chi connectivity index (χ4v) is 2.68. The maximum atomic E-state index is 4.47. The average Bonchev–Trinajstić information content (AvgIpc) is 2.65. The molecule has 0 spiro atoms. The van der Waals surface area contributed by atoms with Gasteiger partial charge in [-0.2, -0.15) is 0 Å². The summed E-state index contributed by atoms with van der Waals surface area (Å²) in [5.41, 5.74) is 7.67. The first-order valence-electron chi connectivity index (χ1n) is 9.61. The Morgan fingerprint density at radius 3 is 2.08 bits per heavy atom. The van der Waals surface area contributed by atoms with Gasteiger partial charge in [-0.3, -0.25) is 4.99 Å². The van der Waals surface area contributed by atoms with Crippen LogP contribution in [0.2, 0.25) is 0 Å². The third-order valence-corrected chi connectivity index (χ3v) is 4.43. The molecule has 0 fully saturated rings. The highest BCUT2D eigenvalue weighted by atomic mass is 14.7. The summed E-state index contributed by atoms with van der Waals surface area (Å²) in [6, 6.07) is 8.53. The van der Waals surface area contributed by atoms with Crippen LogP contribution in [0.15, 0.2) is 58.1 Å². The number of allylic oxidation sites excluding steroid dienone is 5. The highest BCUT2D eigenvalue weighted by Crippen LogP contribution is 2.24. The highest BCUT2D eigenvalue weighted by molar-refractivity contribution is 5.84. The molecule has 0 radical (unpaired) electrons. The van der Waals surface area contributed by atoms with Crippen molar-refractivity contribution < 1.29 is 0 Å². The van der Waals surface area contributed by atoms with Gasteiger partial charge >= 0.3 is 0 Å². The van der Waals surface area contributed by atoms with E-state index in [0.29, 0.717) is 0 Å². The smallest absolute Gasteiger partial charge is 0.0600 e. The molecule has 0 saturated heterocycles. The van der Waals surface area contributed by atoms with Gasteiger partial charge in [-0.05, 0) is 55.5 Å². The summed E-state index contributed by atoms with van der Waals surface area (Å²) in [7, 11) is 0. The third-order valence-electron chi connectivity index (χ3n) is 4.43. The van der Waals surface area contributed by atoms with Crippen LogP contribution in [0, 0.1) is 6.92 Å². The van der Waals surface area contributed by atoms with Crippen molar-refractivity contribution in [3.63, 3.8) is 0 Å². The van der Waals surface area contributed by atoms with Crippen LogP contribution in [0.25, 0.3) is 5.57 Å². The molecule has 25 heavy (non-hydrogen) atoms. The summed E-state index contributed by atoms with van der Waals surface area (Å²) in [4.78, 5) is 4.47. The first kappa shape index (κ1) is 21.2. The standard InChI is InChI=1S/C18H21N.C6H14/c1-13-9-17(18-8-6-5-7-14(18)2)10-15(3)16(4)12-19-11-13;1-3-5-6-4-2/h5-10,12H,11H2,1-4H3;3-6H2,1-2H3/b13-9-,16-15+,17-10+,19-12?;. The van der Waals surface area contributed by atoms with Gasteiger partial charge in [-0.15, -0.1) is 0 Å². The minimum Gasteiger partial charge on any atom is -0.288 e. The average molecular weight is 338 g/mol. The highest BCUT2D eigenvalue weighted by Gasteiger charge is 2.05. The van der Waals surface area contributed by atoms with Crippen molar-refractivity contribution in [3.8, 4) is 0 Å². The van der Waals surface area contributed by atoms with Crippen molar-refractivity contribution in [2.24, 2.45) is 4.99 Å². The zero-order valence-corrected chi connectivity index (χ0v) is 17.0. The molecule has 1 aromatic rings. The van der Waals surface area contributed by atoms with E-state index < -0.39 is 0 Å². The molecule has 0 amide bonds. The van der Waals surface area contributed by atoms with Crippen molar-refractivity contribution in [2.75, 3.05) is 6.54 Å². The second kappa shape index (κ2) is 11.6. The zero-order chi connectivity index (χ0) is 18.7. The Hall–Kier alpha value is -1.89. The molecule has 0 bridgehead atoms.